The highest BCUT2D eigenvalue weighted by Crippen LogP contribution is 2.46. The van der Waals surface area contributed by atoms with Gasteiger partial charge >= 0.3 is 0 Å². The molecule has 1 aliphatic heterocycles. The predicted octanol–water partition coefficient (Wildman–Crippen LogP) is 5.24. The standard InChI is InChI=1S/C21H28N2S/c1-20(2)8-9-21(3,4)17-11-14(5-6-16(17)20)18-13-24-19(23-18)15-7-10-22-12-15/h5-6,11,13,15,22H,7-10,12H2,1-4H3. The molecule has 1 unspecified atom stereocenters. The van der Waals surface area contributed by atoms with Gasteiger partial charge in [0.1, 0.15) is 0 Å². The van der Waals surface area contributed by atoms with E-state index in [0.29, 0.717) is 5.92 Å². The number of hydrogen-bond donors (Lipinski definition) is 1. The summed E-state index contributed by atoms with van der Waals surface area (Å²) in [4.78, 5) is 4.97. The first kappa shape index (κ1) is 16.3. The third kappa shape index (κ3) is 2.72. The van der Waals surface area contributed by atoms with Gasteiger partial charge in [-0.2, -0.15) is 0 Å². The molecule has 1 saturated heterocycles. The molecule has 1 N–H and O–H groups in total. The minimum Gasteiger partial charge on any atom is -0.316 e. The molecule has 2 nitrogen and oxygen atoms in total. The third-order valence-electron chi connectivity index (χ3n) is 6.08. The zero-order valence-electron chi connectivity index (χ0n) is 15.3. The first-order valence-electron chi connectivity index (χ1n) is 9.18. The van der Waals surface area contributed by atoms with E-state index in [0.717, 1.165) is 18.8 Å². The highest BCUT2D eigenvalue weighted by Gasteiger charge is 2.37. The van der Waals surface area contributed by atoms with Crippen LogP contribution in [-0.4, -0.2) is 18.1 Å². The van der Waals surface area contributed by atoms with Crippen molar-refractivity contribution in [3.8, 4) is 11.3 Å². The Kier molecular flexibility index (Phi) is 3.85. The number of nitrogens with one attached hydrogen (secondary N) is 1. The second kappa shape index (κ2) is 5.67. The van der Waals surface area contributed by atoms with Gasteiger partial charge in [0.25, 0.3) is 0 Å². The lowest BCUT2D eigenvalue weighted by Crippen LogP contribution is -2.33. The van der Waals surface area contributed by atoms with Gasteiger partial charge < -0.3 is 5.32 Å². The van der Waals surface area contributed by atoms with E-state index in [1.165, 1.54) is 41.0 Å². The quantitative estimate of drug-likeness (QED) is 0.809. The maximum atomic E-state index is 4.97. The average molecular weight is 341 g/mol. The number of thiazole rings is 1. The summed E-state index contributed by atoms with van der Waals surface area (Å²) in [6.07, 6.45) is 3.74. The highest BCUT2D eigenvalue weighted by atomic mass is 32.1. The van der Waals surface area contributed by atoms with Crippen LogP contribution in [0.1, 0.15) is 69.0 Å². The molecule has 0 amide bonds. The summed E-state index contributed by atoms with van der Waals surface area (Å²) >= 11 is 1.83. The Morgan fingerprint density at radius 2 is 1.83 bits per heavy atom. The van der Waals surface area contributed by atoms with Gasteiger partial charge in [-0.05, 0) is 53.8 Å². The largest absolute Gasteiger partial charge is 0.316 e. The van der Waals surface area contributed by atoms with Crippen LogP contribution in [0.15, 0.2) is 23.6 Å². The Labute approximate surface area is 149 Å². The van der Waals surface area contributed by atoms with Gasteiger partial charge in [-0.25, -0.2) is 4.98 Å². The summed E-state index contributed by atoms with van der Waals surface area (Å²) in [7, 11) is 0. The summed E-state index contributed by atoms with van der Waals surface area (Å²) in [5, 5.41) is 6.99. The summed E-state index contributed by atoms with van der Waals surface area (Å²) in [5.41, 5.74) is 6.03. The average Bonchev–Trinajstić information content (AvgIpc) is 3.22. The minimum absolute atomic E-state index is 0.259. The van der Waals surface area contributed by atoms with Crippen molar-refractivity contribution in [1.29, 1.82) is 0 Å². The lowest BCUT2D eigenvalue weighted by atomic mass is 9.63. The lowest BCUT2D eigenvalue weighted by molar-refractivity contribution is 0.332. The molecule has 2 aromatic rings. The predicted molar refractivity (Wildman–Crippen MR) is 103 cm³/mol. The lowest BCUT2D eigenvalue weighted by Gasteiger charge is -2.42. The van der Waals surface area contributed by atoms with Gasteiger partial charge in [-0.1, -0.05) is 39.8 Å². The van der Waals surface area contributed by atoms with Gasteiger partial charge in [0.05, 0.1) is 10.7 Å². The van der Waals surface area contributed by atoms with Crippen molar-refractivity contribution in [1.82, 2.24) is 10.3 Å². The minimum atomic E-state index is 0.259. The Morgan fingerprint density at radius 1 is 1.08 bits per heavy atom. The van der Waals surface area contributed by atoms with Crippen LogP contribution in [0.3, 0.4) is 0 Å². The molecule has 1 atom stereocenters. The second-order valence-corrected chi connectivity index (χ2v) is 9.68. The molecule has 3 heteroatoms. The third-order valence-corrected chi connectivity index (χ3v) is 7.09. The van der Waals surface area contributed by atoms with Crippen molar-refractivity contribution in [2.24, 2.45) is 0 Å². The van der Waals surface area contributed by atoms with E-state index in [1.54, 1.807) is 0 Å². The fourth-order valence-electron chi connectivity index (χ4n) is 4.22. The molecule has 1 fully saturated rings. The molecular weight excluding hydrogens is 312 g/mol. The Balaban J connectivity index is 1.73. The smallest absolute Gasteiger partial charge is 0.0976 e. The van der Waals surface area contributed by atoms with E-state index in [1.807, 2.05) is 11.3 Å². The van der Waals surface area contributed by atoms with Crippen LogP contribution >= 0.6 is 11.3 Å². The van der Waals surface area contributed by atoms with Gasteiger partial charge in [0.2, 0.25) is 0 Å². The van der Waals surface area contributed by atoms with Crippen LogP contribution in [0.2, 0.25) is 0 Å². The monoisotopic (exact) mass is 340 g/mol. The van der Waals surface area contributed by atoms with Crippen molar-refractivity contribution < 1.29 is 0 Å². The number of aromatic nitrogens is 1. The SMILES string of the molecule is CC1(C)CCC(C)(C)c2cc(-c3csc(C4CCNC4)n3)ccc21. The van der Waals surface area contributed by atoms with Crippen LogP contribution in [0, 0.1) is 0 Å². The molecule has 2 heterocycles. The maximum absolute atomic E-state index is 4.97. The van der Waals surface area contributed by atoms with Gasteiger partial charge in [0, 0.05) is 23.4 Å². The number of fused-ring (bicyclic) bond motifs is 1. The number of rotatable bonds is 2. The Morgan fingerprint density at radius 3 is 2.54 bits per heavy atom. The summed E-state index contributed by atoms with van der Waals surface area (Å²) in [6, 6.07) is 7.07. The molecule has 128 valence electrons. The van der Waals surface area contributed by atoms with Crippen molar-refractivity contribution in [3.63, 3.8) is 0 Å². The van der Waals surface area contributed by atoms with E-state index >= 15 is 0 Å². The molecule has 1 aliphatic carbocycles. The van der Waals surface area contributed by atoms with Crippen molar-refractivity contribution in [3.05, 3.63) is 39.7 Å². The summed E-state index contributed by atoms with van der Waals surface area (Å²) < 4.78 is 0. The van der Waals surface area contributed by atoms with Crippen LogP contribution in [0.4, 0.5) is 0 Å². The molecule has 2 aliphatic rings. The maximum Gasteiger partial charge on any atom is 0.0976 e. The van der Waals surface area contributed by atoms with Crippen molar-refractivity contribution in [2.45, 2.75) is 63.7 Å². The zero-order chi connectivity index (χ0) is 16.9. The van der Waals surface area contributed by atoms with E-state index in [-0.39, 0.29) is 10.8 Å². The summed E-state index contributed by atoms with van der Waals surface area (Å²) in [5.74, 6) is 0.608. The molecule has 0 spiro atoms. The normalized spacial score (nSPS) is 24.8. The molecular formula is C21H28N2S. The van der Waals surface area contributed by atoms with Gasteiger partial charge in [-0.15, -0.1) is 11.3 Å². The molecule has 0 saturated carbocycles. The number of hydrogen-bond acceptors (Lipinski definition) is 3. The number of benzene rings is 1. The first-order valence-corrected chi connectivity index (χ1v) is 10.1. The van der Waals surface area contributed by atoms with Crippen LogP contribution < -0.4 is 5.32 Å². The topological polar surface area (TPSA) is 24.9 Å². The molecule has 1 aromatic heterocycles. The molecule has 1 aromatic carbocycles. The molecule has 0 bridgehead atoms. The number of nitrogens with zero attached hydrogens (tertiary/aromatic N) is 1. The zero-order valence-corrected chi connectivity index (χ0v) is 16.1. The van der Waals surface area contributed by atoms with E-state index in [4.69, 9.17) is 4.98 Å². The molecule has 24 heavy (non-hydrogen) atoms. The first-order chi connectivity index (χ1) is 11.4. The Hall–Kier alpha value is -1.19. The van der Waals surface area contributed by atoms with E-state index < -0.39 is 0 Å². The molecule has 4 rings (SSSR count). The highest BCUT2D eigenvalue weighted by molar-refractivity contribution is 7.10. The van der Waals surface area contributed by atoms with Gasteiger partial charge in [0.15, 0.2) is 0 Å². The van der Waals surface area contributed by atoms with Crippen molar-refractivity contribution in [2.75, 3.05) is 13.1 Å². The van der Waals surface area contributed by atoms with E-state index in [9.17, 15) is 0 Å². The molecule has 0 radical (unpaired) electrons. The Bertz CT molecular complexity index is 751. The van der Waals surface area contributed by atoms with Crippen LogP contribution in [0.25, 0.3) is 11.3 Å². The second-order valence-electron chi connectivity index (χ2n) is 8.79. The fraction of sp³-hybridized carbons (Fsp3) is 0.571. The fourth-order valence-corrected chi connectivity index (χ4v) is 5.19. The van der Waals surface area contributed by atoms with Crippen LogP contribution in [0.5, 0.6) is 0 Å². The van der Waals surface area contributed by atoms with Crippen LogP contribution in [-0.2, 0) is 10.8 Å². The van der Waals surface area contributed by atoms with Gasteiger partial charge in [-0.3, -0.25) is 0 Å². The van der Waals surface area contributed by atoms with Crippen molar-refractivity contribution >= 4 is 11.3 Å². The summed E-state index contributed by atoms with van der Waals surface area (Å²) in [6.45, 7) is 11.8. The van der Waals surface area contributed by atoms with E-state index in [2.05, 4.69) is 56.6 Å².